The van der Waals surface area contributed by atoms with E-state index in [1.54, 1.807) is 11.8 Å². The summed E-state index contributed by atoms with van der Waals surface area (Å²) in [6.45, 7) is 5.17. The van der Waals surface area contributed by atoms with Crippen molar-refractivity contribution in [1.82, 2.24) is 15.0 Å². The third kappa shape index (κ3) is 1.97. The highest BCUT2D eigenvalue weighted by Crippen LogP contribution is 2.22. The maximum atomic E-state index is 5.72. The number of anilines is 1. The van der Waals surface area contributed by atoms with Gasteiger partial charge in [0.2, 0.25) is 5.52 Å². The Bertz CT molecular complexity index is 493. The van der Waals surface area contributed by atoms with Crippen LogP contribution in [0, 0.1) is 0 Å². The fraction of sp³-hybridized carbons (Fsp3) is 0.500. The molecular formula is C10H16N5S+. The maximum absolute atomic E-state index is 5.72. The van der Waals surface area contributed by atoms with E-state index in [0.717, 1.165) is 34.9 Å². The van der Waals surface area contributed by atoms with Crippen LogP contribution in [0.1, 0.15) is 20.3 Å². The van der Waals surface area contributed by atoms with Crippen LogP contribution in [-0.2, 0) is 6.54 Å². The van der Waals surface area contributed by atoms with Gasteiger partial charge in [-0.3, -0.25) is 4.98 Å². The lowest BCUT2D eigenvalue weighted by atomic mass is 10.4. The van der Waals surface area contributed by atoms with Crippen molar-refractivity contribution in [3.05, 3.63) is 6.33 Å². The molecule has 5 nitrogen and oxygen atoms in total. The van der Waals surface area contributed by atoms with Gasteiger partial charge in [-0.25, -0.2) is 4.57 Å². The lowest BCUT2D eigenvalue weighted by molar-refractivity contribution is -0.673. The molecule has 0 radical (unpaired) electrons. The average molecular weight is 238 g/mol. The molecule has 2 aromatic rings. The van der Waals surface area contributed by atoms with Crippen LogP contribution in [0.15, 0.2) is 11.4 Å². The van der Waals surface area contributed by atoms with Crippen LogP contribution in [0.3, 0.4) is 0 Å². The number of hydrogen-bond acceptors (Lipinski definition) is 4. The van der Waals surface area contributed by atoms with Gasteiger partial charge in [-0.1, -0.05) is 18.8 Å². The number of hydrogen-bond donors (Lipinski definition) is 2. The van der Waals surface area contributed by atoms with Crippen LogP contribution in [0.5, 0.6) is 0 Å². The van der Waals surface area contributed by atoms with Crippen molar-refractivity contribution in [2.45, 2.75) is 31.8 Å². The number of H-pyrrole nitrogens is 1. The quantitative estimate of drug-likeness (QED) is 0.479. The summed E-state index contributed by atoms with van der Waals surface area (Å²) in [6.07, 6.45) is 3.00. The van der Waals surface area contributed by atoms with Crippen LogP contribution in [0.4, 0.5) is 5.95 Å². The number of thioether (sulfide) groups is 1. The second-order valence-corrected chi connectivity index (χ2v) is 4.74. The summed E-state index contributed by atoms with van der Waals surface area (Å²) in [5, 5.41) is 0.930. The fourth-order valence-electron chi connectivity index (χ4n) is 1.64. The van der Waals surface area contributed by atoms with Crippen LogP contribution in [0.25, 0.3) is 11.2 Å². The Labute approximate surface area is 98.5 Å². The van der Waals surface area contributed by atoms with Gasteiger partial charge in [-0.05, 0) is 12.2 Å². The van der Waals surface area contributed by atoms with E-state index in [-0.39, 0.29) is 0 Å². The molecule has 0 fully saturated rings. The van der Waals surface area contributed by atoms with Crippen molar-refractivity contribution < 1.29 is 4.57 Å². The number of rotatable bonds is 4. The lowest BCUT2D eigenvalue weighted by Gasteiger charge is -1.97. The predicted octanol–water partition coefficient (Wildman–Crippen LogP) is 1.35. The SMILES string of the molecule is CCC[n+]1c[nH]c2c(SCC)nc(N)nc21. The Balaban J connectivity index is 2.56. The molecule has 0 atom stereocenters. The molecule has 0 bridgehead atoms. The van der Waals surface area contributed by atoms with Gasteiger partial charge in [0.1, 0.15) is 5.03 Å². The summed E-state index contributed by atoms with van der Waals surface area (Å²) in [6, 6.07) is 0. The number of imidazole rings is 1. The minimum atomic E-state index is 0.341. The first-order valence-corrected chi connectivity index (χ1v) is 6.41. The third-order valence-electron chi connectivity index (χ3n) is 2.26. The highest BCUT2D eigenvalue weighted by molar-refractivity contribution is 7.99. The standard InChI is InChI=1S/C10H15N5S/c1-3-5-15-6-12-7-8(15)13-10(11)14-9(7)16-4-2/h6H,3-5H2,1-2H3,(H2,11,13,14)/p+1. The zero-order valence-corrected chi connectivity index (χ0v) is 10.3. The van der Waals surface area contributed by atoms with E-state index in [1.165, 1.54) is 0 Å². The smallest absolute Gasteiger partial charge is 0.308 e. The number of nitrogens with zero attached hydrogens (tertiary/aromatic N) is 3. The van der Waals surface area contributed by atoms with Crippen molar-refractivity contribution in [1.29, 1.82) is 0 Å². The molecular weight excluding hydrogens is 222 g/mol. The van der Waals surface area contributed by atoms with Crippen LogP contribution in [0.2, 0.25) is 0 Å². The van der Waals surface area contributed by atoms with Gasteiger partial charge in [-0.15, -0.1) is 11.8 Å². The molecule has 0 unspecified atom stereocenters. The molecule has 0 saturated heterocycles. The highest BCUT2D eigenvalue weighted by atomic mass is 32.2. The molecule has 2 rings (SSSR count). The van der Waals surface area contributed by atoms with E-state index in [4.69, 9.17) is 5.73 Å². The van der Waals surface area contributed by atoms with Gasteiger partial charge in [-0.2, -0.15) is 4.98 Å². The first-order valence-electron chi connectivity index (χ1n) is 5.43. The minimum absolute atomic E-state index is 0.341. The summed E-state index contributed by atoms with van der Waals surface area (Å²) in [7, 11) is 0. The molecule has 3 N–H and O–H groups in total. The number of fused-ring (bicyclic) bond motifs is 1. The fourth-order valence-corrected chi connectivity index (χ4v) is 2.36. The number of aromatic amines is 1. The molecule has 0 amide bonds. The largest absolute Gasteiger partial charge is 0.354 e. The highest BCUT2D eigenvalue weighted by Gasteiger charge is 2.17. The Morgan fingerprint density at radius 1 is 1.44 bits per heavy atom. The summed E-state index contributed by atoms with van der Waals surface area (Å²) in [5.41, 5.74) is 7.59. The Hall–Kier alpha value is -1.30. The average Bonchev–Trinajstić information content (AvgIpc) is 2.63. The second kappa shape index (κ2) is 4.69. The maximum Gasteiger partial charge on any atom is 0.308 e. The zero-order valence-electron chi connectivity index (χ0n) is 9.53. The number of nitrogen functional groups attached to an aromatic ring is 1. The van der Waals surface area contributed by atoms with E-state index in [0.29, 0.717) is 5.95 Å². The molecule has 0 aliphatic heterocycles. The molecule has 0 aromatic carbocycles. The summed E-state index contributed by atoms with van der Waals surface area (Å²) in [4.78, 5) is 11.7. The normalized spacial score (nSPS) is 11.1. The van der Waals surface area contributed by atoms with Gasteiger partial charge in [0, 0.05) is 0 Å². The second-order valence-electron chi connectivity index (χ2n) is 3.49. The molecule has 2 aromatic heterocycles. The monoisotopic (exact) mass is 238 g/mol. The van der Waals surface area contributed by atoms with Crippen molar-refractivity contribution in [3.63, 3.8) is 0 Å². The van der Waals surface area contributed by atoms with E-state index < -0.39 is 0 Å². The molecule has 0 aliphatic rings. The van der Waals surface area contributed by atoms with Crippen molar-refractivity contribution in [2.24, 2.45) is 0 Å². The number of aromatic nitrogens is 4. The molecule has 86 valence electrons. The minimum Gasteiger partial charge on any atom is -0.354 e. The van der Waals surface area contributed by atoms with Gasteiger partial charge < -0.3 is 5.73 Å². The first-order chi connectivity index (χ1) is 7.76. The predicted molar refractivity (Wildman–Crippen MR) is 65.2 cm³/mol. The van der Waals surface area contributed by atoms with E-state index in [2.05, 4.69) is 33.4 Å². The van der Waals surface area contributed by atoms with Gasteiger partial charge in [0.15, 0.2) is 6.33 Å². The summed E-state index contributed by atoms with van der Waals surface area (Å²) >= 11 is 1.67. The Kier molecular flexibility index (Phi) is 3.28. The van der Waals surface area contributed by atoms with Crippen LogP contribution >= 0.6 is 11.8 Å². The molecule has 6 heteroatoms. The Morgan fingerprint density at radius 3 is 2.94 bits per heavy atom. The van der Waals surface area contributed by atoms with Gasteiger partial charge in [0.05, 0.1) is 6.54 Å². The number of nitrogens with one attached hydrogen (secondary N) is 1. The molecule has 0 saturated carbocycles. The lowest BCUT2D eigenvalue weighted by Crippen LogP contribution is -2.32. The number of nitrogens with two attached hydrogens (primary N) is 1. The third-order valence-corrected chi connectivity index (χ3v) is 3.11. The van der Waals surface area contributed by atoms with Crippen molar-refractivity contribution >= 4 is 28.9 Å². The Morgan fingerprint density at radius 2 is 2.25 bits per heavy atom. The van der Waals surface area contributed by atoms with E-state index in [1.807, 2.05) is 6.33 Å². The first kappa shape index (κ1) is 11.2. The van der Waals surface area contributed by atoms with Crippen LogP contribution in [-0.4, -0.2) is 20.7 Å². The van der Waals surface area contributed by atoms with E-state index in [9.17, 15) is 0 Å². The van der Waals surface area contributed by atoms with Gasteiger partial charge in [0.25, 0.3) is 5.95 Å². The zero-order chi connectivity index (χ0) is 11.5. The molecule has 0 aliphatic carbocycles. The topological polar surface area (TPSA) is 71.5 Å². The number of aryl methyl sites for hydroxylation is 1. The molecule has 0 spiro atoms. The van der Waals surface area contributed by atoms with Crippen molar-refractivity contribution in [3.8, 4) is 0 Å². The summed E-state index contributed by atoms with van der Waals surface area (Å²) in [5.74, 6) is 1.31. The summed E-state index contributed by atoms with van der Waals surface area (Å²) < 4.78 is 2.08. The molecule has 2 heterocycles. The van der Waals surface area contributed by atoms with Crippen LogP contribution < -0.4 is 10.3 Å². The van der Waals surface area contributed by atoms with Gasteiger partial charge >= 0.3 is 5.65 Å². The van der Waals surface area contributed by atoms with E-state index >= 15 is 0 Å². The molecule has 16 heavy (non-hydrogen) atoms. The van der Waals surface area contributed by atoms with Crippen molar-refractivity contribution in [2.75, 3.05) is 11.5 Å².